The van der Waals surface area contributed by atoms with Gasteiger partial charge in [0.2, 0.25) is 0 Å². The molecule has 3 aromatic rings. The molecule has 5 nitrogen and oxygen atoms in total. The van der Waals surface area contributed by atoms with Gasteiger partial charge < -0.3 is 10.6 Å². The first-order valence-corrected chi connectivity index (χ1v) is 10.2. The second kappa shape index (κ2) is 8.86. The zero-order chi connectivity index (χ0) is 20.1. The number of hydrogen-bond donors (Lipinski definition) is 2. The maximum Gasteiger partial charge on any atom is 0.251 e. The molecule has 0 spiro atoms. The van der Waals surface area contributed by atoms with Gasteiger partial charge in [-0.2, -0.15) is 0 Å². The molecule has 0 unspecified atom stereocenters. The summed E-state index contributed by atoms with van der Waals surface area (Å²) < 4.78 is 0. The van der Waals surface area contributed by atoms with Crippen molar-refractivity contribution in [1.82, 2.24) is 15.3 Å². The Hall–Kier alpha value is -3.21. The molecular weight excluding hydrogens is 360 g/mol. The molecule has 0 bridgehead atoms. The summed E-state index contributed by atoms with van der Waals surface area (Å²) in [6.07, 6.45) is 7.42. The zero-order valence-corrected chi connectivity index (χ0v) is 16.7. The molecule has 29 heavy (non-hydrogen) atoms. The predicted octanol–water partition coefficient (Wildman–Crippen LogP) is 5.26. The van der Waals surface area contributed by atoms with Gasteiger partial charge in [0, 0.05) is 28.9 Å². The number of anilines is 2. The lowest BCUT2D eigenvalue weighted by atomic mass is 9.95. The van der Waals surface area contributed by atoms with Crippen molar-refractivity contribution in [3.05, 3.63) is 72.1 Å². The molecule has 1 aromatic heterocycles. The van der Waals surface area contributed by atoms with Crippen LogP contribution in [-0.4, -0.2) is 21.9 Å². The second-order valence-electron chi connectivity index (χ2n) is 7.67. The van der Waals surface area contributed by atoms with Crippen LogP contribution in [0.25, 0.3) is 11.3 Å². The molecular formula is C24H26N4O. The van der Waals surface area contributed by atoms with Crippen molar-refractivity contribution in [2.24, 2.45) is 0 Å². The SMILES string of the molecule is Cc1cccc(-c2cc(Nc3ccc(C(=O)NC4CCCCC4)cc3)ncn2)c1. The molecule has 1 fully saturated rings. The second-order valence-corrected chi connectivity index (χ2v) is 7.67. The monoisotopic (exact) mass is 386 g/mol. The van der Waals surface area contributed by atoms with Gasteiger partial charge in [-0.25, -0.2) is 9.97 Å². The van der Waals surface area contributed by atoms with Gasteiger partial charge >= 0.3 is 0 Å². The predicted molar refractivity (Wildman–Crippen MR) is 116 cm³/mol. The van der Waals surface area contributed by atoms with Crippen LogP contribution in [0, 0.1) is 6.92 Å². The van der Waals surface area contributed by atoms with E-state index in [-0.39, 0.29) is 5.91 Å². The van der Waals surface area contributed by atoms with Gasteiger partial charge in [0.25, 0.3) is 5.91 Å². The van der Waals surface area contributed by atoms with E-state index < -0.39 is 0 Å². The minimum Gasteiger partial charge on any atom is -0.349 e. The number of aromatic nitrogens is 2. The standard InChI is InChI=1S/C24H26N4O/c1-17-6-5-7-19(14-17)22-15-23(26-16-25-22)27-21-12-10-18(11-13-21)24(29)28-20-8-3-2-4-9-20/h5-7,10-16,20H,2-4,8-9H2,1H3,(H,28,29)(H,25,26,27). The van der Waals surface area contributed by atoms with Crippen molar-refractivity contribution in [2.45, 2.75) is 45.1 Å². The summed E-state index contributed by atoms with van der Waals surface area (Å²) in [6.45, 7) is 2.07. The van der Waals surface area contributed by atoms with E-state index >= 15 is 0 Å². The molecule has 0 saturated heterocycles. The van der Waals surface area contributed by atoms with Crippen molar-refractivity contribution in [3.63, 3.8) is 0 Å². The molecule has 1 aliphatic carbocycles. The Labute approximate surface area is 171 Å². The Morgan fingerprint density at radius 2 is 1.76 bits per heavy atom. The molecule has 2 aromatic carbocycles. The Morgan fingerprint density at radius 3 is 2.52 bits per heavy atom. The fourth-order valence-electron chi connectivity index (χ4n) is 3.76. The summed E-state index contributed by atoms with van der Waals surface area (Å²) >= 11 is 0. The van der Waals surface area contributed by atoms with Crippen molar-refractivity contribution < 1.29 is 4.79 Å². The van der Waals surface area contributed by atoms with E-state index in [9.17, 15) is 4.79 Å². The van der Waals surface area contributed by atoms with Crippen LogP contribution >= 0.6 is 0 Å². The lowest BCUT2D eigenvalue weighted by molar-refractivity contribution is 0.0928. The highest BCUT2D eigenvalue weighted by molar-refractivity contribution is 5.94. The van der Waals surface area contributed by atoms with Crippen LogP contribution in [0.15, 0.2) is 60.9 Å². The van der Waals surface area contributed by atoms with Gasteiger partial charge in [-0.1, -0.05) is 43.0 Å². The van der Waals surface area contributed by atoms with Crippen LogP contribution in [0.2, 0.25) is 0 Å². The van der Waals surface area contributed by atoms with Crippen LogP contribution < -0.4 is 10.6 Å². The number of carbonyl (C=O) groups is 1. The molecule has 2 N–H and O–H groups in total. The van der Waals surface area contributed by atoms with E-state index in [2.05, 4.69) is 39.7 Å². The Morgan fingerprint density at radius 1 is 0.966 bits per heavy atom. The normalized spacial score (nSPS) is 14.4. The summed E-state index contributed by atoms with van der Waals surface area (Å²) in [5, 5.41) is 6.45. The topological polar surface area (TPSA) is 66.9 Å². The summed E-state index contributed by atoms with van der Waals surface area (Å²) in [6, 6.07) is 18.0. The lowest BCUT2D eigenvalue weighted by Gasteiger charge is -2.22. The molecule has 0 aliphatic heterocycles. The summed E-state index contributed by atoms with van der Waals surface area (Å²) in [4.78, 5) is 21.2. The van der Waals surface area contributed by atoms with Crippen molar-refractivity contribution in [2.75, 3.05) is 5.32 Å². The number of aryl methyl sites for hydroxylation is 1. The number of amides is 1. The van der Waals surface area contributed by atoms with E-state index in [1.54, 1.807) is 6.33 Å². The minimum atomic E-state index is 0.00668. The fourth-order valence-corrected chi connectivity index (χ4v) is 3.76. The average Bonchev–Trinajstić information content (AvgIpc) is 2.75. The maximum absolute atomic E-state index is 12.5. The third-order valence-electron chi connectivity index (χ3n) is 5.34. The first-order valence-electron chi connectivity index (χ1n) is 10.2. The van der Waals surface area contributed by atoms with Crippen LogP contribution in [0.3, 0.4) is 0 Å². The molecule has 5 heteroatoms. The molecule has 0 atom stereocenters. The molecule has 1 heterocycles. The molecule has 1 aliphatic rings. The Bertz CT molecular complexity index is 978. The molecule has 1 amide bonds. The molecule has 0 radical (unpaired) electrons. The highest BCUT2D eigenvalue weighted by Gasteiger charge is 2.16. The number of benzene rings is 2. The van der Waals surface area contributed by atoms with E-state index in [0.29, 0.717) is 11.6 Å². The van der Waals surface area contributed by atoms with Gasteiger partial charge in [0.05, 0.1) is 5.69 Å². The fraction of sp³-hybridized carbons (Fsp3) is 0.292. The number of rotatable bonds is 5. The van der Waals surface area contributed by atoms with E-state index in [0.717, 1.165) is 35.6 Å². The minimum absolute atomic E-state index is 0.00668. The Balaban J connectivity index is 1.42. The highest BCUT2D eigenvalue weighted by Crippen LogP contribution is 2.22. The van der Waals surface area contributed by atoms with Crippen molar-refractivity contribution in [3.8, 4) is 11.3 Å². The third-order valence-corrected chi connectivity index (χ3v) is 5.34. The lowest BCUT2D eigenvalue weighted by Crippen LogP contribution is -2.36. The summed E-state index contributed by atoms with van der Waals surface area (Å²) in [5.74, 6) is 0.725. The van der Waals surface area contributed by atoms with Crippen LogP contribution in [0.5, 0.6) is 0 Å². The largest absolute Gasteiger partial charge is 0.349 e. The van der Waals surface area contributed by atoms with Crippen molar-refractivity contribution in [1.29, 1.82) is 0 Å². The van der Waals surface area contributed by atoms with Crippen LogP contribution in [0.4, 0.5) is 11.5 Å². The summed E-state index contributed by atoms with van der Waals surface area (Å²) in [7, 11) is 0. The maximum atomic E-state index is 12.5. The molecule has 148 valence electrons. The first-order chi connectivity index (χ1) is 14.2. The van der Waals surface area contributed by atoms with Crippen molar-refractivity contribution >= 4 is 17.4 Å². The third kappa shape index (κ3) is 4.99. The van der Waals surface area contributed by atoms with Crippen LogP contribution in [0.1, 0.15) is 48.0 Å². The quantitative estimate of drug-likeness (QED) is 0.628. The van der Waals surface area contributed by atoms with Crippen LogP contribution in [-0.2, 0) is 0 Å². The number of hydrogen-bond acceptors (Lipinski definition) is 4. The number of nitrogens with one attached hydrogen (secondary N) is 2. The average molecular weight is 386 g/mol. The van der Waals surface area contributed by atoms with Gasteiger partial charge in [0.15, 0.2) is 0 Å². The highest BCUT2D eigenvalue weighted by atomic mass is 16.1. The van der Waals surface area contributed by atoms with E-state index in [1.807, 2.05) is 42.5 Å². The zero-order valence-electron chi connectivity index (χ0n) is 16.7. The molecule has 1 saturated carbocycles. The number of carbonyl (C=O) groups excluding carboxylic acids is 1. The van der Waals surface area contributed by atoms with E-state index in [4.69, 9.17) is 0 Å². The van der Waals surface area contributed by atoms with E-state index in [1.165, 1.54) is 24.8 Å². The molecule has 4 rings (SSSR count). The summed E-state index contributed by atoms with van der Waals surface area (Å²) in [5.41, 5.74) is 4.69. The van der Waals surface area contributed by atoms with Gasteiger partial charge in [-0.15, -0.1) is 0 Å². The van der Waals surface area contributed by atoms with Gasteiger partial charge in [0.1, 0.15) is 12.1 Å². The Kier molecular flexibility index (Phi) is 5.84. The van der Waals surface area contributed by atoms with Gasteiger partial charge in [-0.05, 0) is 50.1 Å². The van der Waals surface area contributed by atoms with Gasteiger partial charge in [-0.3, -0.25) is 4.79 Å². The number of nitrogens with zero attached hydrogens (tertiary/aromatic N) is 2. The smallest absolute Gasteiger partial charge is 0.251 e. The first kappa shape index (κ1) is 19.1.